The molecule has 0 atom stereocenters. The topological polar surface area (TPSA) is 77.9 Å². The number of aryl methyl sites for hydroxylation is 2. The van der Waals surface area contributed by atoms with Gasteiger partial charge in [0, 0.05) is 29.4 Å². The van der Waals surface area contributed by atoms with Gasteiger partial charge in [-0.3, -0.25) is 10.4 Å². The molecule has 0 spiro atoms. The van der Waals surface area contributed by atoms with Crippen LogP contribution in [0.25, 0.3) is 10.9 Å². The molecule has 0 saturated heterocycles. The zero-order chi connectivity index (χ0) is 23.4. The third-order valence-corrected chi connectivity index (χ3v) is 5.42. The third-order valence-electron chi connectivity index (χ3n) is 5.42. The molecule has 2 aromatic heterocycles. The number of fused-ring (bicyclic) bond motifs is 1. The van der Waals surface area contributed by atoms with Crippen molar-refractivity contribution in [3.05, 3.63) is 77.6 Å². The summed E-state index contributed by atoms with van der Waals surface area (Å²) in [5.41, 5.74) is 7.68. The highest BCUT2D eigenvalue weighted by Gasteiger charge is 2.15. The Morgan fingerprint density at radius 2 is 1.58 bits per heavy atom. The summed E-state index contributed by atoms with van der Waals surface area (Å²) in [6.07, 6.45) is 3.43. The fourth-order valence-corrected chi connectivity index (χ4v) is 3.44. The molecule has 4 aromatic rings. The highest BCUT2D eigenvalue weighted by atomic mass is 16.5. The van der Waals surface area contributed by atoms with Crippen LogP contribution in [-0.4, -0.2) is 29.9 Å². The second-order valence-electron chi connectivity index (χ2n) is 7.59. The Kier molecular flexibility index (Phi) is 6.40. The van der Waals surface area contributed by atoms with Crippen molar-refractivity contribution in [1.29, 1.82) is 0 Å². The molecule has 0 fully saturated rings. The number of ether oxygens (including phenoxy) is 3. The lowest BCUT2D eigenvalue weighted by Gasteiger charge is -2.16. The fraction of sp³-hybridized carbons (Fsp3) is 0.192. The van der Waals surface area contributed by atoms with E-state index in [4.69, 9.17) is 14.2 Å². The molecule has 0 unspecified atom stereocenters. The summed E-state index contributed by atoms with van der Waals surface area (Å²) in [7, 11) is 3.21. The molecule has 1 N–H and O–H groups in total. The Labute approximate surface area is 193 Å². The number of hydrogen-bond donors (Lipinski definition) is 1. The molecule has 7 nitrogen and oxygen atoms in total. The maximum Gasteiger partial charge on any atom is 0.162 e. The number of nitrogens with one attached hydrogen (secondary N) is 1. The third kappa shape index (κ3) is 4.72. The van der Waals surface area contributed by atoms with Crippen LogP contribution in [0, 0.1) is 13.8 Å². The van der Waals surface area contributed by atoms with Crippen molar-refractivity contribution in [1.82, 2.24) is 9.97 Å². The van der Waals surface area contributed by atoms with E-state index in [9.17, 15) is 0 Å². The average Bonchev–Trinajstić information content (AvgIpc) is 2.84. The first-order valence-electron chi connectivity index (χ1n) is 10.5. The SMILES string of the molecule is COc1cc2nccc(Oc3cc(C)c(C)cc3/C(C)=N/Nc3ccccn3)c2cc1OC. The number of benzene rings is 2. The Hall–Kier alpha value is -4.13. The zero-order valence-electron chi connectivity index (χ0n) is 19.3. The molecular formula is C26H26N4O3. The van der Waals surface area contributed by atoms with Gasteiger partial charge in [0.15, 0.2) is 11.5 Å². The molecule has 168 valence electrons. The van der Waals surface area contributed by atoms with Crippen molar-refractivity contribution in [3.63, 3.8) is 0 Å². The quantitative estimate of drug-likeness (QED) is 0.284. The number of pyridine rings is 2. The number of hydrazone groups is 1. The van der Waals surface area contributed by atoms with Crippen molar-refractivity contribution in [2.75, 3.05) is 19.6 Å². The molecule has 2 heterocycles. The van der Waals surface area contributed by atoms with Crippen LogP contribution in [0.2, 0.25) is 0 Å². The van der Waals surface area contributed by atoms with E-state index in [1.807, 2.05) is 49.4 Å². The van der Waals surface area contributed by atoms with Gasteiger partial charge in [-0.2, -0.15) is 5.10 Å². The molecule has 2 aromatic carbocycles. The molecule has 0 aliphatic heterocycles. The van der Waals surface area contributed by atoms with E-state index in [-0.39, 0.29) is 0 Å². The van der Waals surface area contributed by atoms with Gasteiger partial charge in [-0.05, 0) is 68.3 Å². The molecule has 0 aliphatic carbocycles. The monoisotopic (exact) mass is 442 g/mol. The standard InChI is InChI=1S/C26H26N4O3/c1-16-12-19(18(3)29-30-26-8-6-7-10-28-26)23(13-17(16)2)33-22-9-11-27-21-15-25(32-5)24(31-4)14-20(21)22/h6-15H,1-5H3,(H,28,30)/b29-18+. The number of methoxy groups -OCH3 is 2. The van der Waals surface area contributed by atoms with Gasteiger partial charge in [-0.15, -0.1) is 0 Å². The summed E-state index contributed by atoms with van der Waals surface area (Å²) >= 11 is 0. The minimum atomic E-state index is 0.612. The Morgan fingerprint density at radius 3 is 2.30 bits per heavy atom. The summed E-state index contributed by atoms with van der Waals surface area (Å²) in [4.78, 5) is 8.72. The summed E-state index contributed by atoms with van der Waals surface area (Å²) in [5, 5.41) is 5.35. The largest absolute Gasteiger partial charge is 0.493 e. The van der Waals surface area contributed by atoms with Crippen LogP contribution in [0.4, 0.5) is 5.82 Å². The van der Waals surface area contributed by atoms with Crippen molar-refractivity contribution >= 4 is 22.4 Å². The molecule has 0 saturated carbocycles. The van der Waals surface area contributed by atoms with Crippen molar-refractivity contribution in [3.8, 4) is 23.0 Å². The summed E-state index contributed by atoms with van der Waals surface area (Å²) in [5.74, 6) is 3.26. The smallest absolute Gasteiger partial charge is 0.162 e. The summed E-state index contributed by atoms with van der Waals surface area (Å²) in [6.45, 7) is 6.07. The van der Waals surface area contributed by atoms with Crippen LogP contribution in [0.1, 0.15) is 23.6 Å². The van der Waals surface area contributed by atoms with Crippen LogP contribution in [-0.2, 0) is 0 Å². The van der Waals surface area contributed by atoms with E-state index in [1.165, 1.54) is 0 Å². The molecule has 0 aliphatic rings. The second-order valence-corrected chi connectivity index (χ2v) is 7.59. The lowest BCUT2D eigenvalue weighted by atomic mass is 10.0. The van der Waals surface area contributed by atoms with Crippen molar-refractivity contribution in [2.45, 2.75) is 20.8 Å². The average molecular weight is 443 g/mol. The molecular weight excluding hydrogens is 416 g/mol. The van der Waals surface area contributed by atoms with E-state index in [0.29, 0.717) is 28.8 Å². The molecule has 33 heavy (non-hydrogen) atoms. The number of nitrogens with zero attached hydrogens (tertiary/aromatic N) is 3. The second kappa shape index (κ2) is 9.56. The van der Waals surface area contributed by atoms with Gasteiger partial charge in [0.2, 0.25) is 0 Å². The van der Waals surface area contributed by atoms with Crippen LogP contribution in [0.15, 0.2) is 66.0 Å². The first kappa shape index (κ1) is 22.1. The normalized spacial score (nSPS) is 11.4. The van der Waals surface area contributed by atoms with Gasteiger partial charge in [-0.25, -0.2) is 4.98 Å². The van der Waals surface area contributed by atoms with Gasteiger partial charge in [0.05, 0.1) is 25.4 Å². The van der Waals surface area contributed by atoms with Crippen LogP contribution < -0.4 is 19.6 Å². The maximum absolute atomic E-state index is 6.44. The van der Waals surface area contributed by atoms with E-state index in [1.54, 1.807) is 26.6 Å². The maximum atomic E-state index is 6.44. The van der Waals surface area contributed by atoms with Crippen molar-refractivity contribution < 1.29 is 14.2 Å². The van der Waals surface area contributed by atoms with E-state index >= 15 is 0 Å². The first-order chi connectivity index (χ1) is 16.0. The van der Waals surface area contributed by atoms with Crippen LogP contribution in [0.3, 0.4) is 0 Å². The Morgan fingerprint density at radius 1 is 0.818 bits per heavy atom. The molecule has 0 amide bonds. The van der Waals surface area contributed by atoms with Gasteiger partial charge in [0.25, 0.3) is 0 Å². The summed E-state index contributed by atoms with van der Waals surface area (Å²) < 4.78 is 17.3. The van der Waals surface area contributed by atoms with E-state index in [2.05, 4.69) is 40.4 Å². The lowest BCUT2D eigenvalue weighted by molar-refractivity contribution is 0.355. The zero-order valence-corrected chi connectivity index (χ0v) is 19.3. The Balaban J connectivity index is 1.75. The van der Waals surface area contributed by atoms with Gasteiger partial charge in [-0.1, -0.05) is 6.07 Å². The highest BCUT2D eigenvalue weighted by molar-refractivity contribution is 6.02. The molecule has 0 radical (unpaired) electrons. The molecule has 7 heteroatoms. The number of rotatable bonds is 7. The first-order valence-corrected chi connectivity index (χ1v) is 10.5. The van der Waals surface area contributed by atoms with Crippen LogP contribution >= 0.6 is 0 Å². The van der Waals surface area contributed by atoms with Gasteiger partial charge >= 0.3 is 0 Å². The lowest BCUT2D eigenvalue weighted by Crippen LogP contribution is -2.04. The summed E-state index contributed by atoms with van der Waals surface area (Å²) in [6, 6.07) is 15.3. The van der Waals surface area contributed by atoms with Gasteiger partial charge in [0.1, 0.15) is 17.3 Å². The predicted molar refractivity (Wildman–Crippen MR) is 131 cm³/mol. The fourth-order valence-electron chi connectivity index (χ4n) is 3.44. The van der Waals surface area contributed by atoms with Gasteiger partial charge < -0.3 is 14.2 Å². The number of aromatic nitrogens is 2. The van der Waals surface area contributed by atoms with E-state index < -0.39 is 0 Å². The van der Waals surface area contributed by atoms with E-state index in [0.717, 1.165) is 33.3 Å². The Bertz CT molecular complexity index is 1320. The number of hydrogen-bond acceptors (Lipinski definition) is 7. The number of anilines is 1. The van der Waals surface area contributed by atoms with Crippen LogP contribution in [0.5, 0.6) is 23.0 Å². The van der Waals surface area contributed by atoms with Crippen molar-refractivity contribution in [2.24, 2.45) is 5.10 Å². The minimum Gasteiger partial charge on any atom is -0.493 e. The molecule has 0 bridgehead atoms. The predicted octanol–water partition coefficient (Wildman–Crippen LogP) is 5.89. The highest BCUT2D eigenvalue weighted by Crippen LogP contribution is 2.38. The molecule has 4 rings (SSSR count). The minimum absolute atomic E-state index is 0.612.